The summed E-state index contributed by atoms with van der Waals surface area (Å²) < 4.78 is 5.59. The van der Waals surface area contributed by atoms with Crippen LogP contribution in [-0.4, -0.2) is 52.7 Å². The van der Waals surface area contributed by atoms with Crippen LogP contribution >= 0.6 is 11.3 Å². The summed E-state index contributed by atoms with van der Waals surface area (Å²) in [6, 6.07) is 2.25. The Balaban J connectivity index is 1.53. The van der Waals surface area contributed by atoms with Gasteiger partial charge in [0.25, 0.3) is 0 Å². The largest absolute Gasteiger partial charge is 0.444 e. The smallest absolute Gasteiger partial charge is 0.410 e. The van der Waals surface area contributed by atoms with Gasteiger partial charge in [0.1, 0.15) is 22.6 Å². The molecule has 2 aliphatic heterocycles. The minimum absolute atomic E-state index is 0.135. The number of carbonyl (C=O) groups excluding carboxylic acids is 1. The number of rotatable bonds is 2. The Morgan fingerprint density at radius 3 is 2.82 bits per heavy atom. The van der Waals surface area contributed by atoms with Crippen molar-refractivity contribution >= 4 is 33.5 Å². The maximum Gasteiger partial charge on any atom is 0.410 e. The molecule has 152 valence electrons. The van der Waals surface area contributed by atoms with Gasteiger partial charge in [-0.1, -0.05) is 6.92 Å². The van der Waals surface area contributed by atoms with Gasteiger partial charge in [0.15, 0.2) is 0 Å². The average molecular weight is 403 g/mol. The molecule has 2 saturated heterocycles. The molecule has 2 fully saturated rings. The van der Waals surface area contributed by atoms with Gasteiger partial charge in [-0.3, -0.25) is 0 Å². The first kappa shape index (κ1) is 19.4. The zero-order valence-corrected chi connectivity index (χ0v) is 18.1. The summed E-state index contributed by atoms with van der Waals surface area (Å²) in [5, 5.41) is 1.17. The van der Waals surface area contributed by atoms with Crippen LogP contribution in [0.1, 0.15) is 51.8 Å². The average Bonchev–Trinajstić information content (AvgIpc) is 3.24. The van der Waals surface area contributed by atoms with Crippen LogP contribution in [0, 0.1) is 5.41 Å². The number of thiophene rings is 1. The van der Waals surface area contributed by atoms with E-state index >= 15 is 0 Å². The van der Waals surface area contributed by atoms with Gasteiger partial charge >= 0.3 is 6.09 Å². The maximum absolute atomic E-state index is 12.5. The zero-order chi connectivity index (χ0) is 19.9. The topological polar surface area (TPSA) is 58.6 Å². The van der Waals surface area contributed by atoms with Crippen LogP contribution in [0.4, 0.5) is 10.6 Å². The van der Waals surface area contributed by atoms with Crippen LogP contribution in [0.15, 0.2) is 12.4 Å². The molecule has 0 aromatic carbocycles. The zero-order valence-electron chi connectivity index (χ0n) is 17.3. The standard InChI is InChI=1S/C21H30N4O2S/c1-5-15-11-16-17(22-14-23-18(16)28-15)24-9-6-7-21(12-24)8-10-25(13-21)19(26)27-20(2,3)4/h11,14H,5-10,12-13H2,1-4H3. The molecule has 7 heteroatoms. The van der Waals surface area contributed by atoms with E-state index < -0.39 is 5.60 Å². The van der Waals surface area contributed by atoms with Crippen LogP contribution in [0.25, 0.3) is 10.2 Å². The number of hydrogen-bond donors (Lipinski definition) is 0. The van der Waals surface area contributed by atoms with Crippen LogP contribution in [0.2, 0.25) is 0 Å². The minimum atomic E-state index is -0.450. The molecule has 4 rings (SSSR count). The number of aryl methyl sites for hydroxylation is 1. The first-order valence-electron chi connectivity index (χ1n) is 10.2. The Morgan fingerprint density at radius 1 is 1.25 bits per heavy atom. The molecular formula is C21H30N4O2S. The Labute approximate surface area is 170 Å². The molecule has 0 radical (unpaired) electrons. The molecule has 1 amide bonds. The molecule has 6 nitrogen and oxygen atoms in total. The molecule has 2 aromatic heterocycles. The van der Waals surface area contributed by atoms with Gasteiger partial charge in [0.2, 0.25) is 0 Å². The second-order valence-electron chi connectivity index (χ2n) is 9.16. The van der Waals surface area contributed by atoms with Crippen LogP contribution in [0.3, 0.4) is 0 Å². The molecule has 0 bridgehead atoms. The van der Waals surface area contributed by atoms with Gasteiger partial charge in [-0.25, -0.2) is 14.8 Å². The lowest BCUT2D eigenvalue weighted by Gasteiger charge is -2.41. The van der Waals surface area contributed by atoms with E-state index in [1.165, 1.54) is 10.3 Å². The monoisotopic (exact) mass is 402 g/mol. The minimum Gasteiger partial charge on any atom is -0.444 e. The predicted octanol–water partition coefficient (Wildman–Crippen LogP) is 4.48. The van der Waals surface area contributed by atoms with E-state index in [9.17, 15) is 4.79 Å². The fraction of sp³-hybridized carbons (Fsp3) is 0.667. The second-order valence-corrected chi connectivity index (χ2v) is 10.3. The number of amides is 1. The van der Waals surface area contributed by atoms with Crippen molar-refractivity contribution in [3.63, 3.8) is 0 Å². The van der Waals surface area contributed by atoms with E-state index in [2.05, 4.69) is 27.9 Å². The van der Waals surface area contributed by atoms with Crippen molar-refractivity contribution in [1.82, 2.24) is 14.9 Å². The van der Waals surface area contributed by atoms with E-state index in [0.717, 1.165) is 62.5 Å². The van der Waals surface area contributed by atoms with Crippen molar-refractivity contribution in [2.45, 2.75) is 59.0 Å². The Bertz CT molecular complexity index is 875. The number of hydrogen-bond acceptors (Lipinski definition) is 6. The number of anilines is 1. The summed E-state index contributed by atoms with van der Waals surface area (Å²) in [5.41, 5.74) is -0.316. The van der Waals surface area contributed by atoms with Crippen LogP contribution < -0.4 is 4.90 Å². The van der Waals surface area contributed by atoms with E-state index in [4.69, 9.17) is 4.74 Å². The molecule has 1 unspecified atom stereocenters. The highest BCUT2D eigenvalue weighted by atomic mass is 32.1. The highest BCUT2D eigenvalue weighted by Gasteiger charge is 2.44. The number of carbonyl (C=O) groups is 1. The normalized spacial score (nSPS) is 23.0. The van der Waals surface area contributed by atoms with E-state index in [-0.39, 0.29) is 11.5 Å². The molecule has 28 heavy (non-hydrogen) atoms. The lowest BCUT2D eigenvalue weighted by atomic mass is 9.79. The highest BCUT2D eigenvalue weighted by Crippen LogP contribution is 2.42. The number of nitrogens with zero attached hydrogens (tertiary/aromatic N) is 4. The SMILES string of the molecule is CCc1cc2c(N3CCCC4(CCN(C(=O)OC(C)(C)C)C4)C3)ncnc2s1. The molecule has 1 spiro atoms. The van der Waals surface area contributed by atoms with Crippen molar-refractivity contribution < 1.29 is 9.53 Å². The van der Waals surface area contributed by atoms with Gasteiger partial charge in [-0.15, -0.1) is 11.3 Å². The van der Waals surface area contributed by atoms with Crippen molar-refractivity contribution in [3.05, 3.63) is 17.3 Å². The van der Waals surface area contributed by atoms with Crippen molar-refractivity contribution in [2.24, 2.45) is 5.41 Å². The van der Waals surface area contributed by atoms with Gasteiger partial charge in [-0.2, -0.15) is 0 Å². The molecular weight excluding hydrogens is 372 g/mol. The number of fused-ring (bicyclic) bond motifs is 1. The maximum atomic E-state index is 12.5. The first-order chi connectivity index (χ1) is 13.3. The van der Waals surface area contributed by atoms with E-state index in [0.29, 0.717) is 0 Å². The van der Waals surface area contributed by atoms with Gasteiger partial charge < -0.3 is 14.5 Å². The second kappa shape index (κ2) is 7.17. The summed E-state index contributed by atoms with van der Waals surface area (Å²) in [6.07, 6.45) is 5.84. The summed E-state index contributed by atoms with van der Waals surface area (Å²) in [6.45, 7) is 11.4. The molecule has 0 aliphatic carbocycles. The van der Waals surface area contributed by atoms with Crippen molar-refractivity contribution in [1.29, 1.82) is 0 Å². The fourth-order valence-corrected chi connectivity index (χ4v) is 5.39. The van der Waals surface area contributed by atoms with Crippen LogP contribution in [0.5, 0.6) is 0 Å². The predicted molar refractivity (Wildman–Crippen MR) is 113 cm³/mol. The summed E-state index contributed by atoms with van der Waals surface area (Å²) in [5.74, 6) is 1.05. The number of likely N-dealkylation sites (tertiary alicyclic amines) is 1. The summed E-state index contributed by atoms with van der Waals surface area (Å²) in [7, 11) is 0. The third kappa shape index (κ3) is 3.81. The fourth-order valence-electron chi connectivity index (χ4n) is 4.46. The molecule has 0 N–H and O–H groups in total. The van der Waals surface area contributed by atoms with Gasteiger partial charge in [-0.05, 0) is 52.5 Å². The molecule has 1 atom stereocenters. The lowest BCUT2D eigenvalue weighted by Crippen LogP contribution is -2.46. The molecule has 4 heterocycles. The van der Waals surface area contributed by atoms with E-state index in [1.54, 1.807) is 17.7 Å². The van der Waals surface area contributed by atoms with E-state index in [1.807, 2.05) is 25.7 Å². The molecule has 2 aromatic rings. The summed E-state index contributed by atoms with van der Waals surface area (Å²) >= 11 is 1.76. The highest BCUT2D eigenvalue weighted by molar-refractivity contribution is 7.18. The summed E-state index contributed by atoms with van der Waals surface area (Å²) in [4.78, 5) is 28.4. The number of aromatic nitrogens is 2. The third-order valence-corrected chi connectivity index (χ3v) is 6.95. The van der Waals surface area contributed by atoms with Gasteiger partial charge in [0.05, 0.1) is 5.39 Å². The number of piperidine rings is 1. The van der Waals surface area contributed by atoms with Crippen LogP contribution in [-0.2, 0) is 11.2 Å². The number of ether oxygens (including phenoxy) is 1. The van der Waals surface area contributed by atoms with Crippen molar-refractivity contribution in [2.75, 3.05) is 31.1 Å². The quantitative estimate of drug-likeness (QED) is 0.741. The van der Waals surface area contributed by atoms with Gasteiger partial charge in [0, 0.05) is 36.5 Å². The molecule has 0 saturated carbocycles. The lowest BCUT2D eigenvalue weighted by molar-refractivity contribution is 0.0269. The molecule has 2 aliphatic rings. The first-order valence-corrected chi connectivity index (χ1v) is 11.1. The Kier molecular flexibility index (Phi) is 4.98. The third-order valence-electron chi connectivity index (χ3n) is 5.76. The Morgan fingerprint density at radius 2 is 2.07 bits per heavy atom. The Hall–Kier alpha value is -1.89. The van der Waals surface area contributed by atoms with Crippen molar-refractivity contribution in [3.8, 4) is 0 Å².